The van der Waals surface area contributed by atoms with Crippen LogP contribution >= 0.6 is 59.2 Å². The second-order valence-electron chi connectivity index (χ2n) is 10.4. The van der Waals surface area contributed by atoms with Crippen molar-refractivity contribution in [2.45, 2.75) is 33.6 Å². The summed E-state index contributed by atoms with van der Waals surface area (Å²) in [4.78, 5) is 0. The monoisotopic (exact) mass is 736 g/mol. The third kappa shape index (κ3) is 11.0. The fraction of sp³-hybridized carbons (Fsp3) is 0.161. The Hall–Kier alpha value is -2.97. The Morgan fingerprint density at radius 3 is 1.81 bits per heavy atom. The molecule has 0 aliphatic rings. The first-order valence-electron chi connectivity index (χ1n) is 13.9. The average Bonchev–Trinajstić information content (AvgIpc) is 2.97. The predicted octanol–water partition coefficient (Wildman–Crippen LogP) is 6.12. The van der Waals surface area contributed by atoms with Crippen LogP contribution in [0.4, 0.5) is 15.8 Å². The van der Waals surface area contributed by atoms with Gasteiger partial charge in [-0.3, -0.25) is 0 Å². The summed E-state index contributed by atoms with van der Waals surface area (Å²) in [5.41, 5.74) is 3.37. The van der Waals surface area contributed by atoms with Crippen LogP contribution in [0, 0.1) is 19.7 Å². The maximum absolute atomic E-state index is 13.5. The average molecular weight is 738 g/mol. The number of hydrogen-bond acceptors (Lipinski definition) is 8. The van der Waals surface area contributed by atoms with Crippen LogP contribution in [0.15, 0.2) is 66.7 Å². The van der Waals surface area contributed by atoms with E-state index in [-0.39, 0.29) is 47.9 Å². The first-order chi connectivity index (χ1) is 22.1. The standard InChI is InChI=1S/C17H18BCl2NO3S.C14H12BClFNO3S/c1-9(2)11-5-4-10(3)6-16(11)24-17(25)21-15-7-12(18(22)23)13(19)8-14(15)20;1-8-4-2-3-5-13(8)21-14(22)18-12-6-9(15(19)20)11(17)7-10(12)16/h4-9,22-23H,1-3H3,(H,21,25);2-7,19-20H,1H3,(H,18,22). The zero-order chi connectivity index (χ0) is 35.0. The van der Waals surface area contributed by atoms with Gasteiger partial charge in [0.05, 0.1) is 21.4 Å². The Bertz CT molecular complexity index is 1770. The molecule has 0 amide bonds. The van der Waals surface area contributed by atoms with Crippen molar-refractivity contribution in [3.63, 3.8) is 0 Å². The number of ether oxygens (including phenoxy) is 2. The molecule has 0 atom stereocenters. The van der Waals surface area contributed by atoms with E-state index in [1.165, 1.54) is 12.1 Å². The van der Waals surface area contributed by atoms with Crippen LogP contribution in [0.5, 0.6) is 11.5 Å². The summed E-state index contributed by atoms with van der Waals surface area (Å²) in [6, 6.07) is 18.2. The molecule has 0 spiro atoms. The van der Waals surface area contributed by atoms with Crippen molar-refractivity contribution in [3.05, 3.63) is 104 Å². The van der Waals surface area contributed by atoms with E-state index in [0.717, 1.165) is 28.8 Å². The Labute approximate surface area is 298 Å². The summed E-state index contributed by atoms with van der Waals surface area (Å²) in [6.45, 7) is 7.97. The molecule has 0 aliphatic heterocycles. The predicted molar refractivity (Wildman–Crippen MR) is 198 cm³/mol. The minimum Gasteiger partial charge on any atom is -0.431 e. The third-order valence-electron chi connectivity index (χ3n) is 6.49. The highest BCUT2D eigenvalue weighted by molar-refractivity contribution is 7.80. The fourth-order valence-corrected chi connectivity index (χ4v) is 5.19. The summed E-state index contributed by atoms with van der Waals surface area (Å²) in [7, 11) is -3.67. The van der Waals surface area contributed by atoms with Crippen LogP contribution in [0.25, 0.3) is 0 Å². The molecule has 4 rings (SSSR count). The van der Waals surface area contributed by atoms with Gasteiger partial charge in [0.2, 0.25) is 0 Å². The van der Waals surface area contributed by atoms with E-state index in [9.17, 15) is 14.4 Å². The van der Waals surface area contributed by atoms with Gasteiger partial charge < -0.3 is 40.2 Å². The number of halogens is 4. The van der Waals surface area contributed by atoms with E-state index < -0.39 is 20.1 Å². The third-order valence-corrected chi connectivity index (χ3v) is 7.82. The molecule has 0 unspecified atom stereocenters. The van der Waals surface area contributed by atoms with E-state index in [2.05, 4.69) is 24.5 Å². The molecule has 0 aliphatic carbocycles. The number of hydrogen-bond donors (Lipinski definition) is 6. The van der Waals surface area contributed by atoms with Crippen LogP contribution in [0.1, 0.15) is 36.5 Å². The van der Waals surface area contributed by atoms with Crippen molar-refractivity contribution < 1.29 is 34.0 Å². The summed E-state index contributed by atoms with van der Waals surface area (Å²) >= 11 is 28.3. The van der Waals surface area contributed by atoms with Crippen molar-refractivity contribution in [2.75, 3.05) is 10.6 Å². The lowest BCUT2D eigenvalue weighted by Gasteiger charge is -2.17. The van der Waals surface area contributed by atoms with Gasteiger partial charge in [0.25, 0.3) is 10.3 Å². The molecule has 246 valence electrons. The number of rotatable bonds is 7. The van der Waals surface area contributed by atoms with Gasteiger partial charge in [0.15, 0.2) is 0 Å². The van der Waals surface area contributed by atoms with Gasteiger partial charge in [0, 0.05) is 15.9 Å². The molecule has 0 bridgehead atoms. The van der Waals surface area contributed by atoms with Gasteiger partial charge in [0.1, 0.15) is 17.3 Å². The van der Waals surface area contributed by atoms with Crippen LogP contribution in [-0.4, -0.2) is 44.7 Å². The summed E-state index contributed by atoms with van der Waals surface area (Å²) in [5, 5.41) is 43.0. The molecule has 8 nitrogen and oxygen atoms in total. The van der Waals surface area contributed by atoms with E-state index in [4.69, 9.17) is 78.8 Å². The summed E-state index contributed by atoms with van der Waals surface area (Å²) in [5.74, 6) is 0.686. The molecule has 0 saturated carbocycles. The van der Waals surface area contributed by atoms with Crippen LogP contribution < -0.4 is 31.0 Å². The van der Waals surface area contributed by atoms with Gasteiger partial charge in [-0.15, -0.1) is 0 Å². The van der Waals surface area contributed by atoms with E-state index in [1.807, 2.05) is 44.2 Å². The molecular weight excluding hydrogens is 707 g/mol. The van der Waals surface area contributed by atoms with E-state index in [1.54, 1.807) is 12.1 Å². The lowest BCUT2D eigenvalue weighted by atomic mass is 9.79. The highest BCUT2D eigenvalue weighted by Gasteiger charge is 2.21. The maximum atomic E-state index is 13.5. The Kier molecular flexibility index (Phi) is 14.3. The zero-order valence-electron chi connectivity index (χ0n) is 25.5. The van der Waals surface area contributed by atoms with Crippen LogP contribution in [-0.2, 0) is 0 Å². The van der Waals surface area contributed by atoms with Crippen molar-refractivity contribution in [1.82, 2.24) is 0 Å². The number of aryl methyl sites for hydroxylation is 2. The lowest BCUT2D eigenvalue weighted by Crippen LogP contribution is -2.33. The van der Waals surface area contributed by atoms with Gasteiger partial charge in [-0.1, -0.05) is 79.0 Å². The Morgan fingerprint density at radius 1 is 0.723 bits per heavy atom. The number of para-hydroxylation sites is 1. The number of nitrogens with one attached hydrogen (secondary N) is 2. The summed E-state index contributed by atoms with van der Waals surface area (Å²) < 4.78 is 24.8. The molecule has 4 aromatic rings. The van der Waals surface area contributed by atoms with Gasteiger partial charge in [-0.05, 0) is 97.3 Å². The highest BCUT2D eigenvalue weighted by atomic mass is 35.5. The normalized spacial score (nSPS) is 10.5. The first-order valence-corrected chi connectivity index (χ1v) is 15.9. The molecule has 6 N–H and O–H groups in total. The molecule has 16 heteroatoms. The Morgan fingerprint density at radius 2 is 1.26 bits per heavy atom. The quantitative estimate of drug-likeness (QED) is 0.0977. The van der Waals surface area contributed by atoms with Gasteiger partial charge in [-0.2, -0.15) is 0 Å². The molecule has 0 fully saturated rings. The minimum absolute atomic E-state index is 0.00110. The molecule has 4 aromatic carbocycles. The van der Waals surface area contributed by atoms with Crippen LogP contribution in [0.2, 0.25) is 15.1 Å². The molecule has 47 heavy (non-hydrogen) atoms. The van der Waals surface area contributed by atoms with Crippen molar-refractivity contribution in [2.24, 2.45) is 0 Å². The second kappa shape index (κ2) is 17.4. The van der Waals surface area contributed by atoms with Crippen molar-refractivity contribution in [3.8, 4) is 11.5 Å². The molecular formula is C31H30B2Cl3FN2O6S2. The van der Waals surface area contributed by atoms with Crippen molar-refractivity contribution >= 4 is 106 Å². The molecule has 0 aromatic heterocycles. The van der Waals surface area contributed by atoms with E-state index >= 15 is 0 Å². The Balaban J connectivity index is 0.000000257. The van der Waals surface area contributed by atoms with E-state index in [0.29, 0.717) is 17.2 Å². The van der Waals surface area contributed by atoms with Crippen LogP contribution in [0.3, 0.4) is 0 Å². The number of thiocarbonyl (C=S) groups is 2. The summed E-state index contributed by atoms with van der Waals surface area (Å²) in [6.07, 6.45) is 0. The SMILES string of the molecule is Cc1ccc(C(C)C)c(OC(=S)Nc2cc(B(O)O)c(Cl)cc2Cl)c1.Cc1ccccc1OC(=S)Nc1cc(B(O)O)c(F)cc1Cl. The van der Waals surface area contributed by atoms with Gasteiger partial charge >= 0.3 is 14.2 Å². The highest BCUT2D eigenvalue weighted by Crippen LogP contribution is 2.29. The molecule has 0 radical (unpaired) electrons. The molecule has 0 saturated heterocycles. The zero-order valence-corrected chi connectivity index (χ0v) is 29.4. The smallest absolute Gasteiger partial charge is 0.431 e. The minimum atomic E-state index is -1.95. The first kappa shape index (κ1) is 38.5. The maximum Gasteiger partial charge on any atom is 0.491 e. The fourth-order valence-electron chi connectivity index (χ4n) is 4.07. The molecule has 0 heterocycles. The van der Waals surface area contributed by atoms with Gasteiger partial charge in [-0.25, -0.2) is 4.39 Å². The largest absolute Gasteiger partial charge is 0.491 e. The van der Waals surface area contributed by atoms with Crippen molar-refractivity contribution in [1.29, 1.82) is 0 Å². The topological polar surface area (TPSA) is 123 Å². The second-order valence-corrected chi connectivity index (χ2v) is 12.4. The number of benzene rings is 4. The number of anilines is 2. The lowest BCUT2D eigenvalue weighted by molar-refractivity contribution is 0.422.